The first-order valence-electron chi connectivity index (χ1n) is 12.1. The topological polar surface area (TPSA) is 74.2 Å². The molecule has 7 heteroatoms. The maximum Gasteiger partial charge on any atom is 0.304 e. The molecule has 6 nitrogen and oxygen atoms in total. The number of aryl methyl sites for hydroxylation is 1. The molecule has 3 aromatic carbocycles. The van der Waals surface area contributed by atoms with Crippen molar-refractivity contribution in [1.82, 2.24) is 0 Å². The highest BCUT2D eigenvalue weighted by Crippen LogP contribution is 2.42. The molecule has 1 N–H and O–H groups in total. The van der Waals surface area contributed by atoms with Crippen LogP contribution in [0.2, 0.25) is 0 Å². The summed E-state index contributed by atoms with van der Waals surface area (Å²) in [4.78, 5) is 11.1. The normalized spacial score (nSPS) is 15.2. The highest BCUT2D eigenvalue weighted by Gasteiger charge is 2.27. The Morgan fingerprint density at radius 2 is 1.94 bits per heavy atom. The first-order valence-corrected chi connectivity index (χ1v) is 13.5. The molecule has 2 aliphatic rings. The maximum absolute atomic E-state index is 11.1. The molecule has 0 spiro atoms. The maximum atomic E-state index is 11.1. The fourth-order valence-corrected chi connectivity index (χ4v) is 5.24. The van der Waals surface area contributed by atoms with Gasteiger partial charge in [-0.1, -0.05) is 12.1 Å². The Bertz CT molecular complexity index is 1270. The molecule has 1 unspecified atom stereocenters. The minimum Gasteiger partial charge on any atom is -0.494 e. The predicted molar refractivity (Wildman–Crippen MR) is 141 cm³/mol. The molecular formula is C29H30O6S. The summed E-state index contributed by atoms with van der Waals surface area (Å²) in [5.41, 5.74) is 6.53. The minimum absolute atomic E-state index is 0.0664. The van der Waals surface area contributed by atoms with Gasteiger partial charge in [0.05, 0.1) is 19.6 Å². The summed E-state index contributed by atoms with van der Waals surface area (Å²) in [7, 11) is 0. The summed E-state index contributed by atoms with van der Waals surface area (Å²) >= 11 is 1.83. The van der Waals surface area contributed by atoms with Crippen molar-refractivity contribution in [3.63, 3.8) is 0 Å². The Hall–Kier alpha value is -3.32. The van der Waals surface area contributed by atoms with Crippen LogP contribution in [0, 0.1) is 6.92 Å². The minimum atomic E-state index is -0.820. The third-order valence-corrected chi connectivity index (χ3v) is 7.24. The van der Waals surface area contributed by atoms with Gasteiger partial charge in [-0.15, -0.1) is 0 Å². The van der Waals surface area contributed by atoms with Crippen molar-refractivity contribution in [1.29, 1.82) is 0 Å². The summed E-state index contributed by atoms with van der Waals surface area (Å²) in [6, 6.07) is 16.0. The van der Waals surface area contributed by atoms with Gasteiger partial charge in [0.15, 0.2) is 0 Å². The van der Waals surface area contributed by atoms with Crippen molar-refractivity contribution >= 4 is 17.7 Å². The van der Waals surface area contributed by atoms with Gasteiger partial charge in [-0.3, -0.25) is 4.79 Å². The second-order valence-corrected chi connectivity index (χ2v) is 10.2. The molecule has 1 atom stereocenters. The first-order chi connectivity index (χ1) is 17.5. The number of thioether (sulfide) groups is 1. The molecule has 3 aromatic rings. The second kappa shape index (κ2) is 10.7. The largest absolute Gasteiger partial charge is 0.494 e. The van der Waals surface area contributed by atoms with Gasteiger partial charge < -0.3 is 24.1 Å². The van der Waals surface area contributed by atoms with Crippen molar-refractivity contribution in [2.24, 2.45) is 0 Å². The molecular weight excluding hydrogens is 476 g/mol. The zero-order chi connectivity index (χ0) is 25.1. The van der Waals surface area contributed by atoms with Gasteiger partial charge in [-0.2, -0.15) is 11.8 Å². The number of carboxylic acids is 1. The molecule has 0 radical (unpaired) electrons. The lowest BCUT2D eigenvalue weighted by molar-refractivity contribution is -0.137. The number of carbonyl (C=O) groups is 1. The van der Waals surface area contributed by atoms with Crippen molar-refractivity contribution < 1.29 is 28.8 Å². The molecule has 0 aromatic heterocycles. The SMILES string of the molecule is CSCCCOc1cc(C)c2c(c1)COc1ccc(COc3ccc4c(c3)OCC4CC(=O)O)cc1-2. The average molecular weight is 507 g/mol. The van der Waals surface area contributed by atoms with E-state index >= 15 is 0 Å². The van der Waals surface area contributed by atoms with Crippen LogP contribution in [0.3, 0.4) is 0 Å². The molecule has 0 amide bonds. The molecule has 0 saturated heterocycles. The second-order valence-electron chi connectivity index (χ2n) is 9.18. The molecule has 0 aliphatic carbocycles. The first kappa shape index (κ1) is 24.4. The van der Waals surface area contributed by atoms with Crippen LogP contribution in [0.4, 0.5) is 0 Å². The van der Waals surface area contributed by atoms with Gasteiger partial charge in [0.1, 0.15) is 36.2 Å². The van der Waals surface area contributed by atoms with Crippen molar-refractivity contribution in [2.75, 3.05) is 25.2 Å². The van der Waals surface area contributed by atoms with Crippen LogP contribution >= 0.6 is 11.8 Å². The Morgan fingerprint density at radius 1 is 1.06 bits per heavy atom. The molecule has 0 bridgehead atoms. The van der Waals surface area contributed by atoms with Crippen LogP contribution in [-0.2, 0) is 18.0 Å². The highest BCUT2D eigenvalue weighted by atomic mass is 32.2. The van der Waals surface area contributed by atoms with E-state index < -0.39 is 5.97 Å². The fraction of sp³-hybridized carbons (Fsp3) is 0.345. The van der Waals surface area contributed by atoms with E-state index in [9.17, 15) is 4.79 Å². The Labute approximate surface area is 215 Å². The van der Waals surface area contributed by atoms with Crippen LogP contribution in [0.15, 0.2) is 48.5 Å². The molecule has 2 aliphatic heterocycles. The fourth-order valence-electron chi connectivity index (χ4n) is 4.84. The number of rotatable bonds is 10. The predicted octanol–water partition coefficient (Wildman–Crippen LogP) is 6.22. The van der Waals surface area contributed by atoms with E-state index in [2.05, 4.69) is 31.4 Å². The lowest BCUT2D eigenvalue weighted by Gasteiger charge is -2.24. The van der Waals surface area contributed by atoms with Gasteiger partial charge in [-0.25, -0.2) is 0 Å². The molecule has 36 heavy (non-hydrogen) atoms. The lowest BCUT2D eigenvalue weighted by Crippen LogP contribution is -2.09. The Balaban J connectivity index is 1.30. The van der Waals surface area contributed by atoms with E-state index in [1.165, 1.54) is 11.1 Å². The van der Waals surface area contributed by atoms with Crippen molar-refractivity contribution in [3.8, 4) is 34.1 Å². The Morgan fingerprint density at radius 3 is 2.78 bits per heavy atom. The lowest BCUT2D eigenvalue weighted by atomic mass is 9.91. The van der Waals surface area contributed by atoms with Crippen LogP contribution in [0.25, 0.3) is 11.1 Å². The van der Waals surface area contributed by atoms with E-state index in [0.29, 0.717) is 37.9 Å². The van der Waals surface area contributed by atoms with E-state index in [-0.39, 0.29) is 12.3 Å². The average Bonchev–Trinajstić information content (AvgIpc) is 3.26. The summed E-state index contributed by atoms with van der Waals surface area (Å²) in [5.74, 6) is 3.32. The van der Waals surface area contributed by atoms with Crippen molar-refractivity contribution in [3.05, 3.63) is 70.8 Å². The van der Waals surface area contributed by atoms with Gasteiger partial charge in [0, 0.05) is 28.7 Å². The van der Waals surface area contributed by atoms with E-state index in [1.807, 2.05) is 42.1 Å². The molecule has 0 fully saturated rings. The van der Waals surface area contributed by atoms with Crippen LogP contribution in [-0.4, -0.2) is 36.3 Å². The zero-order valence-electron chi connectivity index (χ0n) is 20.5. The number of benzene rings is 3. The molecule has 2 heterocycles. The van der Waals surface area contributed by atoms with Crippen LogP contribution in [0.1, 0.15) is 41.0 Å². The van der Waals surface area contributed by atoms with Gasteiger partial charge in [-0.05, 0) is 72.4 Å². The van der Waals surface area contributed by atoms with E-state index in [0.717, 1.165) is 45.9 Å². The summed E-state index contributed by atoms with van der Waals surface area (Å²) in [6.07, 6.45) is 3.20. The van der Waals surface area contributed by atoms with Gasteiger partial charge in [0.2, 0.25) is 0 Å². The van der Waals surface area contributed by atoms with E-state index in [1.54, 1.807) is 0 Å². The summed E-state index contributed by atoms with van der Waals surface area (Å²) in [5, 5.41) is 9.10. The van der Waals surface area contributed by atoms with Crippen LogP contribution < -0.4 is 18.9 Å². The molecule has 0 saturated carbocycles. The highest BCUT2D eigenvalue weighted by molar-refractivity contribution is 7.98. The smallest absolute Gasteiger partial charge is 0.304 e. The van der Waals surface area contributed by atoms with Crippen LogP contribution in [0.5, 0.6) is 23.0 Å². The standard InChI is InChI=1S/C29H30O6S/c1-18-10-23(32-8-3-9-36-2)12-21-17-34-26-7-4-19(11-25(26)29(18)21)15-33-22-5-6-24-20(13-28(30)31)16-35-27(24)14-22/h4-7,10-12,14,20H,3,8-9,13,15-17H2,1-2H3,(H,30,31). The van der Waals surface area contributed by atoms with Gasteiger partial charge in [0.25, 0.3) is 0 Å². The van der Waals surface area contributed by atoms with Gasteiger partial charge >= 0.3 is 5.97 Å². The number of hydrogen-bond acceptors (Lipinski definition) is 6. The quantitative estimate of drug-likeness (QED) is 0.327. The monoisotopic (exact) mass is 506 g/mol. The number of aliphatic carboxylic acids is 1. The third-order valence-electron chi connectivity index (χ3n) is 6.54. The molecule has 5 rings (SSSR count). The third kappa shape index (κ3) is 5.26. The number of fused-ring (bicyclic) bond motifs is 4. The zero-order valence-corrected chi connectivity index (χ0v) is 21.4. The van der Waals surface area contributed by atoms with E-state index in [4.69, 9.17) is 24.1 Å². The number of hydrogen-bond donors (Lipinski definition) is 1. The molecule has 188 valence electrons. The number of carboxylic acid groups (broad SMARTS) is 1. The van der Waals surface area contributed by atoms with Crippen molar-refractivity contribution in [2.45, 2.75) is 38.9 Å². The summed E-state index contributed by atoms with van der Waals surface area (Å²) < 4.78 is 23.8. The Kier molecular flexibility index (Phi) is 7.28. The summed E-state index contributed by atoms with van der Waals surface area (Å²) in [6.45, 7) is 4.15. The number of ether oxygens (including phenoxy) is 4.